The normalized spacial score (nSPS) is 12.2. The number of hydrogen-bond acceptors (Lipinski definition) is 2. The third-order valence-electron chi connectivity index (χ3n) is 3.53. The SMILES string of the molecule is CNC(Cc1cccc(F)c1)c1ccc(OC)cc1C. The fraction of sp³-hybridized carbons (Fsp3) is 0.294. The van der Waals surface area contributed by atoms with Crippen molar-refractivity contribution in [1.82, 2.24) is 5.32 Å². The Morgan fingerprint density at radius 1 is 1.20 bits per heavy atom. The lowest BCUT2D eigenvalue weighted by Crippen LogP contribution is -2.19. The molecule has 106 valence electrons. The number of methoxy groups -OCH3 is 1. The Bertz CT molecular complexity index is 583. The number of nitrogens with one attached hydrogen (secondary N) is 1. The molecule has 3 heteroatoms. The maximum atomic E-state index is 13.3. The summed E-state index contributed by atoms with van der Waals surface area (Å²) in [6, 6.07) is 12.9. The number of ether oxygens (including phenoxy) is 1. The molecular weight excluding hydrogens is 253 g/mol. The van der Waals surface area contributed by atoms with E-state index in [9.17, 15) is 4.39 Å². The minimum Gasteiger partial charge on any atom is -0.497 e. The van der Waals surface area contributed by atoms with Gasteiger partial charge in [0.25, 0.3) is 0 Å². The van der Waals surface area contributed by atoms with E-state index in [-0.39, 0.29) is 11.9 Å². The first-order chi connectivity index (χ1) is 9.63. The number of likely N-dealkylation sites (N-methyl/N-ethyl adjacent to an activating group) is 1. The predicted molar refractivity (Wildman–Crippen MR) is 79.6 cm³/mol. The van der Waals surface area contributed by atoms with Crippen LogP contribution in [-0.2, 0) is 6.42 Å². The highest BCUT2D eigenvalue weighted by atomic mass is 19.1. The summed E-state index contributed by atoms with van der Waals surface area (Å²) in [5.74, 6) is 0.663. The second kappa shape index (κ2) is 6.53. The van der Waals surface area contributed by atoms with Crippen molar-refractivity contribution >= 4 is 0 Å². The average Bonchev–Trinajstić information content (AvgIpc) is 2.45. The summed E-state index contributed by atoms with van der Waals surface area (Å²) in [6.07, 6.45) is 0.751. The van der Waals surface area contributed by atoms with Crippen LogP contribution in [-0.4, -0.2) is 14.2 Å². The third-order valence-corrected chi connectivity index (χ3v) is 3.53. The molecule has 2 nitrogen and oxygen atoms in total. The molecule has 0 radical (unpaired) electrons. The van der Waals surface area contributed by atoms with Crippen molar-refractivity contribution < 1.29 is 9.13 Å². The van der Waals surface area contributed by atoms with Gasteiger partial charge in [-0.3, -0.25) is 0 Å². The van der Waals surface area contributed by atoms with Crippen molar-refractivity contribution in [3.8, 4) is 5.75 Å². The first kappa shape index (κ1) is 14.5. The number of aryl methyl sites for hydroxylation is 1. The Kier molecular flexibility index (Phi) is 4.74. The molecule has 0 aliphatic heterocycles. The van der Waals surface area contributed by atoms with Crippen molar-refractivity contribution in [2.45, 2.75) is 19.4 Å². The van der Waals surface area contributed by atoms with Crippen molar-refractivity contribution in [3.63, 3.8) is 0 Å². The highest BCUT2D eigenvalue weighted by Crippen LogP contribution is 2.25. The highest BCUT2D eigenvalue weighted by Gasteiger charge is 2.13. The predicted octanol–water partition coefficient (Wildman–Crippen LogP) is 3.65. The topological polar surface area (TPSA) is 21.3 Å². The molecule has 0 spiro atoms. The molecule has 0 aliphatic carbocycles. The molecule has 0 aliphatic rings. The summed E-state index contributed by atoms with van der Waals surface area (Å²) in [7, 11) is 3.59. The summed E-state index contributed by atoms with van der Waals surface area (Å²) < 4.78 is 18.5. The van der Waals surface area contributed by atoms with Gasteiger partial charge in [0.05, 0.1) is 7.11 Å². The molecule has 2 aromatic rings. The van der Waals surface area contributed by atoms with Gasteiger partial charge in [-0.05, 0) is 61.3 Å². The summed E-state index contributed by atoms with van der Waals surface area (Å²) in [6.45, 7) is 2.06. The van der Waals surface area contributed by atoms with Gasteiger partial charge in [0, 0.05) is 6.04 Å². The second-order valence-corrected chi connectivity index (χ2v) is 4.90. The van der Waals surface area contributed by atoms with Gasteiger partial charge in [-0.2, -0.15) is 0 Å². The van der Waals surface area contributed by atoms with Crippen LogP contribution in [0.3, 0.4) is 0 Å². The number of hydrogen-bond donors (Lipinski definition) is 1. The van der Waals surface area contributed by atoms with Crippen molar-refractivity contribution in [2.24, 2.45) is 0 Å². The standard InChI is InChI=1S/C17H20FNO/c1-12-9-15(20-3)7-8-16(12)17(19-2)11-13-5-4-6-14(18)10-13/h4-10,17,19H,11H2,1-3H3. The molecule has 2 aromatic carbocycles. The van der Waals surface area contributed by atoms with Crippen LogP contribution < -0.4 is 10.1 Å². The van der Waals surface area contributed by atoms with Gasteiger partial charge in [0.1, 0.15) is 11.6 Å². The van der Waals surface area contributed by atoms with Crippen LogP contribution in [0, 0.1) is 12.7 Å². The Morgan fingerprint density at radius 3 is 2.60 bits per heavy atom. The highest BCUT2D eigenvalue weighted by molar-refractivity contribution is 5.37. The van der Waals surface area contributed by atoms with E-state index in [1.165, 1.54) is 17.2 Å². The van der Waals surface area contributed by atoms with Crippen LogP contribution in [0.1, 0.15) is 22.7 Å². The van der Waals surface area contributed by atoms with E-state index in [1.54, 1.807) is 19.2 Å². The molecule has 1 atom stereocenters. The van der Waals surface area contributed by atoms with Gasteiger partial charge in [-0.1, -0.05) is 18.2 Å². The third kappa shape index (κ3) is 3.36. The molecule has 0 heterocycles. The zero-order valence-corrected chi connectivity index (χ0v) is 12.1. The van der Waals surface area contributed by atoms with E-state index in [2.05, 4.69) is 18.3 Å². The van der Waals surface area contributed by atoms with Gasteiger partial charge in [0.15, 0.2) is 0 Å². The quantitative estimate of drug-likeness (QED) is 0.898. The molecule has 0 saturated carbocycles. The van der Waals surface area contributed by atoms with Crippen LogP contribution >= 0.6 is 0 Å². The van der Waals surface area contributed by atoms with E-state index in [0.717, 1.165) is 17.7 Å². The zero-order valence-electron chi connectivity index (χ0n) is 12.1. The minimum absolute atomic E-state index is 0.155. The summed E-state index contributed by atoms with van der Waals surface area (Å²) >= 11 is 0. The van der Waals surface area contributed by atoms with Gasteiger partial charge >= 0.3 is 0 Å². The second-order valence-electron chi connectivity index (χ2n) is 4.90. The van der Waals surface area contributed by atoms with Gasteiger partial charge in [0.2, 0.25) is 0 Å². The van der Waals surface area contributed by atoms with Crippen LogP contribution in [0.25, 0.3) is 0 Å². The Labute approximate surface area is 119 Å². The molecule has 2 rings (SSSR count). The van der Waals surface area contributed by atoms with Crippen LogP contribution in [0.5, 0.6) is 5.75 Å². The molecule has 1 N–H and O–H groups in total. The van der Waals surface area contributed by atoms with E-state index in [4.69, 9.17) is 4.74 Å². The minimum atomic E-state index is -0.191. The van der Waals surface area contributed by atoms with Crippen molar-refractivity contribution in [1.29, 1.82) is 0 Å². The number of benzene rings is 2. The summed E-state index contributed by atoms with van der Waals surface area (Å²) in [4.78, 5) is 0. The lowest BCUT2D eigenvalue weighted by molar-refractivity contribution is 0.414. The fourth-order valence-corrected chi connectivity index (χ4v) is 2.43. The molecule has 20 heavy (non-hydrogen) atoms. The lowest BCUT2D eigenvalue weighted by Gasteiger charge is -2.19. The van der Waals surface area contributed by atoms with Gasteiger partial charge < -0.3 is 10.1 Å². The molecule has 0 fully saturated rings. The average molecular weight is 273 g/mol. The monoisotopic (exact) mass is 273 g/mol. The molecule has 0 amide bonds. The Morgan fingerprint density at radius 2 is 2.00 bits per heavy atom. The van der Waals surface area contributed by atoms with Gasteiger partial charge in [-0.15, -0.1) is 0 Å². The Hall–Kier alpha value is -1.87. The van der Waals surface area contributed by atoms with Crippen LogP contribution in [0.2, 0.25) is 0 Å². The molecule has 0 saturated heterocycles. The molecular formula is C17H20FNO. The molecule has 0 bridgehead atoms. The summed E-state index contributed by atoms with van der Waals surface area (Å²) in [5.41, 5.74) is 3.36. The molecule has 0 aromatic heterocycles. The first-order valence-electron chi connectivity index (χ1n) is 6.70. The largest absolute Gasteiger partial charge is 0.497 e. The maximum Gasteiger partial charge on any atom is 0.123 e. The number of halogens is 1. The smallest absolute Gasteiger partial charge is 0.123 e. The van der Waals surface area contributed by atoms with Crippen molar-refractivity contribution in [2.75, 3.05) is 14.2 Å². The first-order valence-corrected chi connectivity index (χ1v) is 6.70. The van der Waals surface area contributed by atoms with E-state index < -0.39 is 0 Å². The fourth-order valence-electron chi connectivity index (χ4n) is 2.43. The van der Waals surface area contributed by atoms with E-state index in [0.29, 0.717) is 0 Å². The van der Waals surface area contributed by atoms with Gasteiger partial charge in [-0.25, -0.2) is 4.39 Å². The lowest BCUT2D eigenvalue weighted by atomic mass is 9.95. The molecule has 1 unspecified atom stereocenters. The zero-order chi connectivity index (χ0) is 14.5. The maximum absolute atomic E-state index is 13.3. The van der Waals surface area contributed by atoms with Crippen molar-refractivity contribution in [3.05, 3.63) is 65.0 Å². The van der Waals surface area contributed by atoms with E-state index in [1.807, 2.05) is 25.2 Å². The Balaban J connectivity index is 2.24. The van der Waals surface area contributed by atoms with Crippen LogP contribution in [0.15, 0.2) is 42.5 Å². The van der Waals surface area contributed by atoms with E-state index >= 15 is 0 Å². The summed E-state index contributed by atoms with van der Waals surface area (Å²) in [5, 5.41) is 3.30. The van der Waals surface area contributed by atoms with Crippen LogP contribution in [0.4, 0.5) is 4.39 Å². The number of rotatable bonds is 5.